The second-order valence-corrected chi connectivity index (χ2v) is 9.30. The van der Waals surface area contributed by atoms with Crippen LogP contribution in [0.15, 0.2) is 54.9 Å². The van der Waals surface area contributed by atoms with Gasteiger partial charge in [0, 0.05) is 30.5 Å². The molecule has 1 aliphatic heterocycles. The minimum atomic E-state index is 0.393. The zero-order valence-electron chi connectivity index (χ0n) is 18.2. The number of piperidine rings is 1. The number of hydrogen-bond acceptors (Lipinski definition) is 4. The normalized spacial score (nSPS) is 17.4. The van der Waals surface area contributed by atoms with Crippen LogP contribution in [0.25, 0.3) is 16.8 Å². The fraction of sp³-hybridized carbons (Fsp3) is 0.346. The minimum absolute atomic E-state index is 0.393. The van der Waals surface area contributed by atoms with Crippen LogP contribution in [-0.4, -0.2) is 32.7 Å². The predicted octanol–water partition coefficient (Wildman–Crippen LogP) is 4.79. The van der Waals surface area contributed by atoms with Crippen molar-refractivity contribution in [2.75, 3.05) is 18.0 Å². The molecule has 6 rings (SSSR count). The summed E-state index contributed by atoms with van der Waals surface area (Å²) in [7, 11) is 0. The second kappa shape index (κ2) is 6.91. The highest BCUT2D eigenvalue weighted by atomic mass is 15.3. The number of benzene rings is 1. The Labute approximate surface area is 182 Å². The van der Waals surface area contributed by atoms with E-state index in [4.69, 9.17) is 4.98 Å². The molecule has 4 aromatic rings. The third-order valence-corrected chi connectivity index (χ3v) is 7.22. The van der Waals surface area contributed by atoms with E-state index in [-0.39, 0.29) is 0 Å². The Morgan fingerprint density at radius 3 is 2.52 bits per heavy atom. The zero-order chi connectivity index (χ0) is 21.0. The lowest BCUT2D eigenvalue weighted by atomic mass is 9.76. The maximum absolute atomic E-state index is 5.09. The first kappa shape index (κ1) is 18.6. The summed E-state index contributed by atoms with van der Waals surface area (Å²) in [5.41, 5.74) is 8.84. The Morgan fingerprint density at radius 1 is 0.935 bits per heavy atom. The molecule has 1 aromatic carbocycles. The molecule has 0 bridgehead atoms. The Balaban J connectivity index is 1.30. The summed E-state index contributed by atoms with van der Waals surface area (Å²) in [6.45, 7) is 6.27. The average Bonchev–Trinajstić information content (AvgIpc) is 3.39. The van der Waals surface area contributed by atoms with E-state index >= 15 is 0 Å². The lowest BCUT2D eigenvalue weighted by molar-refractivity contribution is 0.232. The van der Waals surface area contributed by atoms with Crippen LogP contribution in [-0.2, 0) is 12.8 Å². The van der Waals surface area contributed by atoms with Gasteiger partial charge in [0.2, 0.25) is 0 Å². The van der Waals surface area contributed by atoms with Gasteiger partial charge in [-0.1, -0.05) is 30.3 Å². The third-order valence-electron chi connectivity index (χ3n) is 7.22. The molecule has 2 aliphatic rings. The van der Waals surface area contributed by atoms with Crippen LogP contribution in [0.5, 0.6) is 0 Å². The van der Waals surface area contributed by atoms with Gasteiger partial charge in [0.15, 0.2) is 5.82 Å². The monoisotopic (exact) mass is 409 g/mol. The van der Waals surface area contributed by atoms with Crippen molar-refractivity contribution in [3.8, 4) is 11.3 Å². The van der Waals surface area contributed by atoms with Crippen molar-refractivity contribution in [2.45, 2.75) is 39.5 Å². The average molecular weight is 410 g/mol. The zero-order valence-corrected chi connectivity index (χ0v) is 18.2. The number of aryl methyl sites for hydroxylation is 2. The molecule has 156 valence electrons. The molecule has 1 aliphatic carbocycles. The third kappa shape index (κ3) is 3.02. The van der Waals surface area contributed by atoms with Crippen LogP contribution in [0.1, 0.15) is 35.4 Å². The summed E-state index contributed by atoms with van der Waals surface area (Å²) in [6.07, 6.45) is 8.76. The van der Waals surface area contributed by atoms with E-state index in [1.54, 1.807) is 0 Å². The van der Waals surface area contributed by atoms with Crippen LogP contribution < -0.4 is 4.90 Å². The summed E-state index contributed by atoms with van der Waals surface area (Å²) < 4.78 is 2.07. The summed E-state index contributed by atoms with van der Waals surface area (Å²) in [5.74, 6) is 1.07. The first-order valence-corrected chi connectivity index (χ1v) is 11.2. The van der Waals surface area contributed by atoms with E-state index in [2.05, 4.69) is 75.9 Å². The first-order valence-electron chi connectivity index (χ1n) is 11.2. The summed E-state index contributed by atoms with van der Waals surface area (Å²) in [4.78, 5) is 12.1. The molecule has 0 radical (unpaired) electrons. The SMILES string of the molecule is Cc1cc2c(cn1)CC1(CCN(c3nc(C)c(-c4ccccc4)n4nccc34)CC1)C2. The lowest BCUT2D eigenvalue weighted by Gasteiger charge is -2.40. The van der Waals surface area contributed by atoms with Gasteiger partial charge in [0.25, 0.3) is 0 Å². The number of pyridine rings is 1. The first-order chi connectivity index (χ1) is 15.1. The summed E-state index contributed by atoms with van der Waals surface area (Å²) in [5, 5.41) is 4.66. The molecule has 0 atom stereocenters. The van der Waals surface area contributed by atoms with Crippen molar-refractivity contribution in [1.29, 1.82) is 0 Å². The standard InChI is InChI=1S/C26H27N5/c1-18-14-21-15-26(16-22(21)17-27-18)9-12-30(13-10-26)25-23-8-11-28-31(23)24(19(2)29-25)20-6-4-3-5-7-20/h3-8,11,14,17H,9-10,12-13,15-16H2,1-2H3. The molecule has 0 saturated carbocycles. The molecule has 5 heteroatoms. The molecular formula is C26H27N5. The van der Waals surface area contributed by atoms with Gasteiger partial charge >= 0.3 is 0 Å². The topological polar surface area (TPSA) is 46.3 Å². The van der Waals surface area contributed by atoms with Crippen LogP contribution in [0.3, 0.4) is 0 Å². The second-order valence-electron chi connectivity index (χ2n) is 9.30. The van der Waals surface area contributed by atoms with Gasteiger partial charge in [-0.15, -0.1) is 0 Å². The number of anilines is 1. The van der Waals surface area contributed by atoms with E-state index in [1.165, 1.54) is 36.8 Å². The predicted molar refractivity (Wildman–Crippen MR) is 123 cm³/mol. The molecule has 0 N–H and O–H groups in total. The molecular weight excluding hydrogens is 382 g/mol. The van der Waals surface area contributed by atoms with Gasteiger partial charge < -0.3 is 4.90 Å². The van der Waals surface area contributed by atoms with Gasteiger partial charge in [-0.3, -0.25) is 4.98 Å². The van der Waals surface area contributed by atoms with Crippen LogP contribution in [0.2, 0.25) is 0 Å². The van der Waals surface area contributed by atoms with Crippen LogP contribution in [0, 0.1) is 19.3 Å². The van der Waals surface area contributed by atoms with Gasteiger partial charge in [-0.2, -0.15) is 5.10 Å². The Morgan fingerprint density at radius 2 is 1.71 bits per heavy atom. The molecule has 3 aromatic heterocycles. The largest absolute Gasteiger partial charge is 0.355 e. The van der Waals surface area contributed by atoms with Crippen LogP contribution >= 0.6 is 0 Å². The summed E-state index contributed by atoms with van der Waals surface area (Å²) >= 11 is 0. The maximum Gasteiger partial charge on any atom is 0.155 e. The lowest BCUT2D eigenvalue weighted by Crippen LogP contribution is -2.41. The van der Waals surface area contributed by atoms with Crippen molar-refractivity contribution in [2.24, 2.45) is 5.41 Å². The van der Waals surface area contributed by atoms with Gasteiger partial charge in [-0.05, 0) is 68.2 Å². The summed E-state index contributed by atoms with van der Waals surface area (Å²) in [6, 6.07) is 14.8. The highest BCUT2D eigenvalue weighted by Crippen LogP contribution is 2.45. The Hall–Kier alpha value is -3.21. The molecule has 31 heavy (non-hydrogen) atoms. The highest BCUT2D eigenvalue weighted by Gasteiger charge is 2.40. The highest BCUT2D eigenvalue weighted by molar-refractivity contribution is 5.75. The fourth-order valence-electron chi connectivity index (χ4n) is 5.62. The van der Waals surface area contributed by atoms with E-state index in [9.17, 15) is 0 Å². The fourth-order valence-corrected chi connectivity index (χ4v) is 5.62. The molecule has 4 heterocycles. The number of hydrogen-bond donors (Lipinski definition) is 0. The van der Waals surface area contributed by atoms with Gasteiger partial charge in [0.1, 0.15) is 5.52 Å². The number of nitrogens with zero attached hydrogens (tertiary/aromatic N) is 5. The van der Waals surface area contributed by atoms with Crippen molar-refractivity contribution >= 4 is 11.3 Å². The minimum Gasteiger partial charge on any atom is -0.355 e. The smallest absolute Gasteiger partial charge is 0.155 e. The molecule has 0 amide bonds. The van der Waals surface area contributed by atoms with Crippen molar-refractivity contribution < 1.29 is 0 Å². The van der Waals surface area contributed by atoms with Crippen LogP contribution in [0.4, 0.5) is 5.82 Å². The maximum atomic E-state index is 5.09. The van der Waals surface area contributed by atoms with E-state index in [0.717, 1.165) is 47.1 Å². The molecule has 1 spiro atoms. The van der Waals surface area contributed by atoms with E-state index < -0.39 is 0 Å². The van der Waals surface area contributed by atoms with E-state index in [0.29, 0.717) is 5.41 Å². The van der Waals surface area contributed by atoms with E-state index in [1.807, 2.05) is 12.3 Å². The molecule has 0 unspecified atom stereocenters. The molecule has 5 nitrogen and oxygen atoms in total. The Bertz CT molecular complexity index is 1270. The number of aromatic nitrogens is 4. The van der Waals surface area contributed by atoms with Gasteiger partial charge in [-0.25, -0.2) is 9.50 Å². The molecule has 1 saturated heterocycles. The van der Waals surface area contributed by atoms with Crippen molar-refractivity contribution in [1.82, 2.24) is 19.6 Å². The quantitative estimate of drug-likeness (QED) is 0.477. The van der Waals surface area contributed by atoms with Crippen molar-refractivity contribution in [3.05, 3.63) is 77.4 Å². The Kier molecular flexibility index (Phi) is 4.13. The molecule has 1 fully saturated rings. The van der Waals surface area contributed by atoms with Crippen molar-refractivity contribution in [3.63, 3.8) is 0 Å². The van der Waals surface area contributed by atoms with Gasteiger partial charge in [0.05, 0.1) is 17.6 Å². The number of fused-ring (bicyclic) bond motifs is 2. The number of rotatable bonds is 2.